The Labute approximate surface area is 107 Å². The van der Waals surface area contributed by atoms with E-state index in [1.807, 2.05) is 0 Å². The van der Waals surface area contributed by atoms with E-state index in [9.17, 15) is 9.59 Å². The molecule has 104 valence electrons. The first-order valence-corrected chi connectivity index (χ1v) is 5.81. The number of hydrogen-bond acceptors (Lipinski definition) is 6. The number of amides is 1. The molecule has 0 saturated carbocycles. The Hall–Kier alpha value is -1.34. The second-order valence-corrected chi connectivity index (χ2v) is 5.20. The minimum Gasteiger partial charge on any atom is -0.468 e. The van der Waals surface area contributed by atoms with Crippen LogP contribution in [0.2, 0.25) is 0 Å². The third-order valence-corrected chi connectivity index (χ3v) is 2.55. The quantitative estimate of drug-likeness (QED) is 0.525. The molecule has 0 aromatic rings. The molecule has 1 rings (SSSR count). The number of nitrogens with zero attached hydrogens (tertiary/aromatic N) is 2. The van der Waals surface area contributed by atoms with Crippen LogP contribution < -0.4 is 5.84 Å². The molecule has 0 aromatic heterocycles. The van der Waals surface area contributed by atoms with Gasteiger partial charge < -0.3 is 14.4 Å². The second kappa shape index (κ2) is 5.53. The fourth-order valence-corrected chi connectivity index (χ4v) is 1.64. The molecule has 7 heteroatoms. The monoisotopic (exact) mass is 259 g/mol. The lowest BCUT2D eigenvalue weighted by Gasteiger charge is -2.37. The van der Waals surface area contributed by atoms with Crippen molar-refractivity contribution in [2.75, 3.05) is 26.7 Å². The van der Waals surface area contributed by atoms with Gasteiger partial charge in [-0.2, -0.15) is 0 Å². The van der Waals surface area contributed by atoms with Crippen molar-refractivity contribution in [1.29, 1.82) is 0 Å². The number of hydrazine groups is 1. The summed E-state index contributed by atoms with van der Waals surface area (Å²) < 4.78 is 9.90. The molecule has 1 fully saturated rings. The summed E-state index contributed by atoms with van der Waals surface area (Å²) >= 11 is 0. The van der Waals surface area contributed by atoms with E-state index in [-0.39, 0.29) is 6.54 Å². The lowest BCUT2D eigenvalue weighted by atomic mass is 10.2. The number of carbonyl (C=O) groups is 2. The van der Waals surface area contributed by atoms with Crippen LogP contribution >= 0.6 is 0 Å². The summed E-state index contributed by atoms with van der Waals surface area (Å²) in [5.74, 6) is 5.25. The van der Waals surface area contributed by atoms with Gasteiger partial charge in [0, 0.05) is 13.1 Å². The molecule has 1 unspecified atom stereocenters. The number of nitrogens with two attached hydrogens (primary N) is 1. The molecule has 1 aliphatic heterocycles. The summed E-state index contributed by atoms with van der Waals surface area (Å²) in [6, 6.07) is -0.642. The van der Waals surface area contributed by atoms with Gasteiger partial charge in [-0.1, -0.05) is 0 Å². The third-order valence-electron chi connectivity index (χ3n) is 2.55. The normalized spacial score (nSPS) is 21.6. The van der Waals surface area contributed by atoms with Crippen LogP contribution in [0, 0.1) is 0 Å². The van der Waals surface area contributed by atoms with Crippen LogP contribution in [-0.4, -0.2) is 60.4 Å². The number of piperazine rings is 1. The van der Waals surface area contributed by atoms with Crippen LogP contribution in [0.25, 0.3) is 0 Å². The highest BCUT2D eigenvalue weighted by atomic mass is 16.6. The van der Waals surface area contributed by atoms with Crippen LogP contribution in [0.3, 0.4) is 0 Å². The molecule has 0 aliphatic carbocycles. The SMILES string of the molecule is COC(=O)C1CN(C(=O)OC(C)(C)C)CCN1N. The van der Waals surface area contributed by atoms with Gasteiger partial charge >= 0.3 is 12.1 Å². The van der Waals surface area contributed by atoms with Crippen LogP contribution in [0.5, 0.6) is 0 Å². The van der Waals surface area contributed by atoms with Gasteiger partial charge in [-0.3, -0.25) is 10.6 Å². The highest BCUT2D eigenvalue weighted by molar-refractivity contribution is 5.77. The van der Waals surface area contributed by atoms with Gasteiger partial charge in [-0.15, -0.1) is 0 Å². The van der Waals surface area contributed by atoms with E-state index in [0.29, 0.717) is 13.1 Å². The largest absolute Gasteiger partial charge is 0.468 e. The van der Waals surface area contributed by atoms with Crippen molar-refractivity contribution in [2.45, 2.75) is 32.4 Å². The molecule has 7 nitrogen and oxygen atoms in total. The average Bonchev–Trinajstić information content (AvgIpc) is 2.26. The van der Waals surface area contributed by atoms with Crippen molar-refractivity contribution in [3.05, 3.63) is 0 Å². The van der Waals surface area contributed by atoms with Gasteiger partial charge in [0.15, 0.2) is 0 Å². The zero-order valence-electron chi connectivity index (χ0n) is 11.3. The van der Waals surface area contributed by atoms with Crippen molar-refractivity contribution in [3.8, 4) is 0 Å². The van der Waals surface area contributed by atoms with Gasteiger partial charge in [0.05, 0.1) is 13.7 Å². The fraction of sp³-hybridized carbons (Fsp3) is 0.818. The van der Waals surface area contributed by atoms with E-state index in [4.69, 9.17) is 10.6 Å². The number of hydrogen-bond donors (Lipinski definition) is 1. The highest BCUT2D eigenvalue weighted by Gasteiger charge is 2.35. The summed E-state index contributed by atoms with van der Waals surface area (Å²) in [4.78, 5) is 24.8. The van der Waals surface area contributed by atoms with E-state index in [2.05, 4.69) is 4.74 Å². The first kappa shape index (κ1) is 14.7. The first-order chi connectivity index (χ1) is 8.24. The summed E-state index contributed by atoms with van der Waals surface area (Å²) in [6.07, 6.45) is -0.440. The van der Waals surface area contributed by atoms with Crippen LogP contribution in [0.1, 0.15) is 20.8 Å². The smallest absolute Gasteiger partial charge is 0.410 e. The molecule has 0 aromatic carbocycles. The Morgan fingerprint density at radius 3 is 2.39 bits per heavy atom. The van der Waals surface area contributed by atoms with Crippen molar-refractivity contribution >= 4 is 12.1 Å². The van der Waals surface area contributed by atoms with Gasteiger partial charge in [-0.25, -0.2) is 9.80 Å². The van der Waals surface area contributed by atoms with E-state index in [1.54, 1.807) is 20.8 Å². The molecule has 1 saturated heterocycles. The summed E-state index contributed by atoms with van der Waals surface area (Å²) in [6.45, 7) is 6.39. The molecule has 0 radical (unpaired) electrons. The minimum absolute atomic E-state index is 0.179. The molecule has 0 bridgehead atoms. The molecule has 1 atom stereocenters. The maximum Gasteiger partial charge on any atom is 0.410 e. The Morgan fingerprint density at radius 1 is 1.28 bits per heavy atom. The molecule has 1 heterocycles. The zero-order valence-corrected chi connectivity index (χ0v) is 11.3. The summed E-state index contributed by atoms with van der Waals surface area (Å²) in [7, 11) is 1.29. The predicted molar refractivity (Wildman–Crippen MR) is 64.5 cm³/mol. The first-order valence-electron chi connectivity index (χ1n) is 5.81. The summed E-state index contributed by atoms with van der Waals surface area (Å²) in [5, 5.41) is 1.38. The molecule has 18 heavy (non-hydrogen) atoms. The maximum atomic E-state index is 11.9. The van der Waals surface area contributed by atoms with Crippen LogP contribution in [0.4, 0.5) is 4.79 Å². The molecule has 1 aliphatic rings. The van der Waals surface area contributed by atoms with Crippen molar-refractivity contribution in [3.63, 3.8) is 0 Å². The minimum atomic E-state index is -0.642. The Bertz CT molecular complexity index is 327. The molecular formula is C11H21N3O4. The van der Waals surface area contributed by atoms with Crippen LogP contribution in [-0.2, 0) is 14.3 Å². The highest BCUT2D eigenvalue weighted by Crippen LogP contribution is 2.13. The summed E-state index contributed by atoms with van der Waals surface area (Å²) in [5.41, 5.74) is -0.558. The van der Waals surface area contributed by atoms with Gasteiger partial charge in [0.2, 0.25) is 0 Å². The molecule has 0 spiro atoms. The van der Waals surface area contributed by atoms with Crippen molar-refractivity contribution in [2.24, 2.45) is 5.84 Å². The number of ether oxygens (including phenoxy) is 2. The number of rotatable bonds is 1. The van der Waals surface area contributed by atoms with Crippen molar-refractivity contribution in [1.82, 2.24) is 9.91 Å². The maximum absolute atomic E-state index is 11.9. The Morgan fingerprint density at radius 2 is 1.89 bits per heavy atom. The third kappa shape index (κ3) is 3.85. The fourth-order valence-electron chi connectivity index (χ4n) is 1.64. The van der Waals surface area contributed by atoms with Gasteiger partial charge in [0.25, 0.3) is 0 Å². The second-order valence-electron chi connectivity index (χ2n) is 5.20. The average molecular weight is 259 g/mol. The molecule has 2 N–H and O–H groups in total. The standard InChI is InChI=1S/C11H21N3O4/c1-11(2,3)18-10(16)13-5-6-14(12)8(7-13)9(15)17-4/h8H,5-7,12H2,1-4H3. The van der Waals surface area contributed by atoms with Gasteiger partial charge in [0.1, 0.15) is 11.6 Å². The van der Waals surface area contributed by atoms with E-state index >= 15 is 0 Å². The Balaban J connectivity index is 2.64. The Kier molecular flexibility index (Phi) is 4.53. The van der Waals surface area contributed by atoms with E-state index in [0.717, 1.165) is 0 Å². The van der Waals surface area contributed by atoms with E-state index < -0.39 is 23.7 Å². The molecular weight excluding hydrogens is 238 g/mol. The molecule has 1 amide bonds. The van der Waals surface area contributed by atoms with Crippen LogP contribution in [0.15, 0.2) is 0 Å². The van der Waals surface area contributed by atoms with Crippen molar-refractivity contribution < 1.29 is 19.1 Å². The lowest BCUT2D eigenvalue weighted by Crippen LogP contribution is -2.60. The predicted octanol–water partition coefficient (Wildman–Crippen LogP) is -0.0456. The topological polar surface area (TPSA) is 85.1 Å². The number of methoxy groups -OCH3 is 1. The van der Waals surface area contributed by atoms with Gasteiger partial charge in [-0.05, 0) is 20.8 Å². The number of carbonyl (C=O) groups excluding carboxylic acids is 2. The van der Waals surface area contributed by atoms with E-state index in [1.165, 1.54) is 17.0 Å². The lowest BCUT2D eigenvalue weighted by molar-refractivity contribution is -0.149. The number of esters is 1. The zero-order chi connectivity index (χ0) is 13.9.